The summed E-state index contributed by atoms with van der Waals surface area (Å²) in [4.78, 5) is 25.4. The lowest BCUT2D eigenvalue weighted by Crippen LogP contribution is -2.68. The molecule has 480 valence electrons. The van der Waals surface area contributed by atoms with Crippen molar-refractivity contribution < 1.29 is 123 Å². The molecule has 82 heavy (non-hydrogen) atoms. The molecule has 0 aromatic heterocycles. The van der Waals surface area contributed by atoms with Gasteiger partial charge in [-0.05, 0) is 53.4 Å². The highest BCUT2D eigenvalue weighted by atomic mass is 16.8. The van der Waals surface area contributed by atoms with Crippen LogP contribution in [0.25, 0.3) is 0 Å². The zero-order valence-electron chi connectivity index (χ0n) is 49.2. The number of methoxy groups -OCH3 is 1. The normalized spacial score (nSPS) is 40.3. The van der Waals surface area contributed by atoms with Gasteiger partial charge in [0.05, 0.1) is 44.2 Å². The molecule has 25 heteroatoms. The van der Waals surface area contributed by atoms with Gasteiger partial charge in [-0.25, -0.2) is 0 Å². The first kappa shape index (κ1) is 70.9. The van der Waals surface area contributed by atoms with Crippen LogP contribution in [-0.2, 0) is 66.4 Å². The number of unbranched alkanes of at least 4 members (excludes halogenated alkanes) is 14. The zero-order valence-corrected chi connectivity index (χ0v) is 49.2. The summed E-state index contributed by atoms with van der Waals surface area (Å²) in [6.45, 7) is 9.35. The average Bonchev–Trinajstić information content (AvgIpc) is 2.72. The molecule has 5 aliphatic heterocycles. The van der Waals surface area contributed by atoms with E-state index in [2.05, 4.69) is 13.8 Å². The first-order chi connectivity index (χ1) is 39.2. The Morgan fingerprint density at radius 1 is 0.390 bits per heavy atom. The van der Waals surface area contributed by atoms with E-state index >= 15 is 0 Å². The Bertz CT molecular complexity index is 1790. The second kappa shape index (κ2) is 35.8. The molecule has 0 aromatic carbocycles. The number of aliphatic hydroxyl groups is 11. The second-order valence-electron chi connectivity index (χ2n) is 23.0. The monoisotopic (exact) mass is 1190 g/mol. The van der Waals surface area contributed by atoms with Crippen molar-refractivity contribution >= 4 is 11.9 Å². The fourth-order valence-corrected chi connectivity index (χ4v) is 11.2. The first-order valence-electron chi connectivity index (χ1n) is 30.4. The molecule has 5 fully saturated rings. The maximum absolute atomic E-state index is 14.0. The lowest BCUT2D eigenvalue weighted by Gasteiger charge is -2.51. The Kier molecular flexibility index (Phi) is 30.9. The molecule has 0 bridgehead atoms. The Balaban J connectivity index is 1.37. The fourth-order valence-electron chi connectivity index (χ4n) is 11.2. The van der Waals surface area contributed by atoms with E-state index in [1.807, 2.05) is 0 Å². The number of ether oxygens (including phenoxy) is 12. The highest BCUT2D eigenvalue weighted by Crippen LogP contribution is 2.38. The Hall–Kier alpha value is -1.90. The van der Waals surface area contributed by atoms with Crippen LogP contribution in [0.15, 0.2) is 0 Å². The van der Waals surface area contributed by atoms with Crippen LogP contribution in [0.5, 0.6) is 0 Å². The van der Waals surface area contributed by atoms with E-state index in [1.165, 1.54) is 27.9 Å². The summed E-state index contributed by atoms with van der Waals surface area (Å²) >= 11 is 0. The van der Waals surface area contributed by atoms with Crippen LogP contribution in [0.3, 0.4) is 0 Å². The molecule has 5 aliphatic rings. The predicted octanol–water partition coefficient (Wildman–Crippen LogP) is 1.53. The van der Waals surface area contributed by atoms with Crippen molar-refractivity contribution in [3.8, 4) is 0 Å². The van der Waals surface area contributed by atoms with Crippen molar-refractivity contribution in [2.24, 2.45) is 0 Å². The van der Waals surface area contributed by atoms with Gasteiger partial charge in [-0.1, -0.05) is 110 Å². The smallest absolute Gasteiger partial charge is 0.306 e. The molecule has 0 saturated carbocycles. The van der Waals surface area contributed by atoms with Gasteiger partial charge in [-0.3, -0.25) is 9.59 Å². The lowest BCUT2D eigenvalue weighted by atomic mass is 9.95. The Labute approximate surface area is 483 Å². The molecule has 0 amide bonds. The molecule has 0 spiro atoms. The van der Waals surface area contributed by atoms with Gasteiger partial charge in [0.2, 0.25) is 0 Å². The third-order valence-electron chi connectivity index (χ3n) is 16.5. The molecule has 0 unspecified atom stereocenters. The van der Waals surface area contributed by atoms with Crippen molar-refractivity contribution in [2.75, 3.05) is 13.7 Å². The summed E-state index contributed by atoms with van der Waals surface area (Å²) in [5.74, 6) is -0.982. The molecule has 26 atom stereocenters. The van der Waals surface area contributed by atoms with Crippen LogP contribution in [-0.4, -0.2) is 241 Å². The van der Waals surface area contributed by atoms with Gasteiger partial charge >= 0.3 is 11.9 Å². The standard InChI is InChI=1S/C57H102O25/c1-8-10-12-13-15-20-24-28-37(60)78-52-51(82-55-46(69)42(65)40(63)35(29-58)77-55)49(80-53-45(68)41(64)38(61)30(3)72-53)33(6)75-57(52)79-48-32(5)74-54(47(70)44(48)67)81-50-43(66)39(62)31(4)73-56(50)76-34(25-21-11-9-2)26-22-18-16-14-17-19-23-27-36(59)71-7/h30-35,38-58,61-70H,8-29H2,1-7H3/t30-,31+,32-,33-,34-,35+,38-,39-,40+,41+,42-,43-,44-,45+,46+,47+,48-,49-,50+,51+,52+,53-,54-,55-,56-,57-/m0/s1. The minimum atomic E-state index is -1.98. The first-order valence-corrected chi connectivity index (χ1v) is 30.4. The van der Waals surface area contributed by atoms with Crippen LogP contribution in [0.4, 0.5) is 0 Å². The summed E-state index contributed by atoms with van der Waals surface area (Å²) in [5.41, 5.74) is 0. The molecular weight excluding hydrogens is 1080 g/mol. The molecule has 0 radical (unpaired) electrons. The van der Waals surface area contributed by atoms with Crippen molar-refractivity contribution in [3.05, 3.63) is 0 Å². The summed E-state index contributed by atoms with van der Waals surface area (Å²) in [7, 11) is 1.39. The summed E-state index contributed by atoms with van der Waals surface area (Å²) in [6, 6.07) is 0. The van der Waals surface area contributed by atoms with Gasteiger partial charge in [0.15, 0.2) is 37.6 Å². The topological polar surface area (TPSA) is 367 Å². The van der Waals surface area contributed by atoms with Crippen molar-refractivity contribution in [3.63, 3.8) is 0 Å². The minimum absolute atomic E-state index is 0.101. The van der Waals surface area contributed by atoms with Gasteiger partial charge in [0.1, 0.15) is 91.6 Å². The number of carbonyl (C=O) groups is 2. The third-order valence-corrected chi connectivity index (χ3v) is 16.5. The lowest BCUT2D eigenvalue weighted by molar-refractivity contribution is -0.400. The van der Waals surface area contributed by atoms with E-state index in [0.29, 0.717) is 32.1 Å². The summed E-state index contributed by atoms with van der Waals surface area (Å²) in [5, 5.41) is 122. The van der Waals surface area contributed by atoms with Gasteiger partial charge in [-0.2, -0.15) is 0 Å². The van der Waals surface area contributed by atoms with E-state index in [9.17, 15) is 65.8 Å². The highest BCUT2D eigenvalue weighted by Gasteiger charge is 2.58. The molecule has 25 nitrogen and oxygen atoms in total. The Morgan fingerprint density at radius 2 is 0.793 bits per heavy atom. The van der Waals surface area contributed by atoms with Crippen molar-refractivity contribution in [1.29, 1.82) is 0 Å². The van der Waals surface area contributed by atoms with Gasteiger partial charge < -0.3 is 113 Å². The van der Waals surface area contributed by atoms with Crippen LogP contribution in [0, 0.1) is 0 Å². The maximum Gasteiger partial charge on any atom is 0.306 e. The quantitative estimate of drug-likeness (QED) is 0.0321. The van der Waals surface area contributed by atoms with E-state index < -0.39 is 166 Å². The van der Waals surface area contributed by atoms with Gasteiger partial charge in [-0.15, -0.1) is 0 Å². The van der Waals surface area contributed by atoms with Gasteiger partial charge in [0.25, 0.3) is 0 Å². The number of hydrogen-bond donors (Lipinski definition) is 11. The molecular formula is C57H102O25. The number of hydrogen-bond acceptors (Lipinski definition) is 25. The van der Waals surface area contributed by atoms with Crippen LogP contribution in [0.2, 0.25) is 0 Å². The van der Waals surface area contributed by atoms with E-state index in [1.54, 1.807) is 6.92 Å². The SMILES string of the molecule is CCCCCCCCCC(=O)O[C@H]1[C@H](O[C@@H]2[C@@H](O)[C@@H](O)[C@H](O[C@H]3[C@H](O[C@@H](CCCCC)CCCCCCCCCC(=O)OC)O[C@H](C)[C@H](O)[C@@H]3O)O[C@H]2C)O[C@@H](C)[C@H](O[C@@H]2O[C@@H](C)[C@H](O)[C@@H](O)[C@H]2O)[C@H]1O[C@@H]1O[C@H](CO)[C@@H](O)[C@H](O)[C@H]1O. The van der Waals surface area contributed by atoms with Crippen molar-refractivity contribution in [2.45, 2.75) is 336 Å². The molecule has 0 aromatic rings. The highest BCUT2D eigenvalue weighted by molar-refractivity contribution is 5.69. The van der Waals surface area contributed by atoms with E-state index in [-0.39, 0.29) is 18.5 Å². The second-order valence-corrected chi connectivity index (χ2v) is 23.0. The maximum atomic E-state index is 14.0. The summed E-state index contributed by atoms with van der Waals surface area (Å²) < 4.78 is 73.0. The molecule has 0 aliphatic carbocycles. The zero-order chi connectivity index (χ0) is 60.2. The van der Waals surface area contributed by atoms with Crippen molar-refractivity contribution in [1.82, 2.24) is 0 Å². The van der Waals surface area contributed by atoms with E-state index in [4.69, 9.17) is 56.8 Å². The Morgan fingerprint density at radius 3 is 1.38 bits per heavy atom. The van der Waals surface area contributed by atoms with E-state index in [0.717, 1.165) is 96.3 Å². The average molecular weight is 1190 g/mol. The number of rotatable bonds is 34. The minimum Gasteiger partial charge on any atom is -0.469 e. The van der Waals surface area contributed by atoms with Crippen LogP contribution in [0.1, 0.15) is 176 Å². The largest absolute Gasteiger partial charge is 0.469 e. The third kappa shape index (κ3) is 20.1. The van der Waals surface area contributed by atoms with Gasteiger partial charge in [0, 0.05) is 12.8 Å². The van der Waals surface area contributed by atoms with Crippen LogP contribution >= 0.6 is 0 Å². The predicted molar refractivity (Wildman–Crippen MR) is 288 cm³/mol. The number of carbonyl (C=O) groups excluding carboxylic acids is 2. The fraction of sp³-hybridized carbons (Fsp3) is 0.965. The molecule has 11 N–H and O–H groups in total. The summed E-state index contributed by atoms with van der Waals surface area (Å²) in [6.07, 6.45) is -22.8. The molecule has 5 rings (SSSR count). The van der Waals surface area contributed by atoms with Crippen LogP contribution < -0.4 is 0 Å². The number of aliphatic hydroxyl groups excluding tert-OH is 11. The molecule has 5 heterocycles. The number of esters is 2. The molecule has 5 saturated heterocycles.